The minimum Gasteiger partial charge on any atom is -0.496 e. The summed E-state index contributed by atoms with van der Waals surface area (Å²) in [6, 6.07) is 2.92. The summed E-state index contributed by atoms with van der Waals surface area (Å²) in [6.07, 6.45) is 0. The lowest BCUT2D eigenvalue weighted by Gasteiger charge is -2.12. The average molecular weight is 238 g/mol. The number of hydrogen-bond donors (Lipinski definition) is 2. The van der Waals surface area contributed by atoms with E-state index in [1.165, 1.54) is 19.2 Å². The van der Waals surface area contributed by atoms with Gasteiger partial charge in [0.25, 0.3) is 0 Å². The third-order valence-electron chi connectivity index (χ3n) is 2.32. The summed E-state index contributed by atoms with van der Waals surface area (Å²) in [5.74, 6) is -0.215. The summed E-state index contributed by atoms with van der Waals surface area (Å²) in [5.41, 5.74) is 1.15. The Hall–Kier alpha value is -1.53. The van der Waals surface area contributed by atoms with Gasteiger partial charge in [-0.2, -0.15) is 0 Å². The van der Waals surface area contributed by atoms with E-state index in [1.54, 1.807) is 13.8 Å². The number of carbonyl (C=O) groups excluding carboxylic acids is 1. The first kappa shape index (κ1) is 13.5. The zero-order valence-electron chi connectivity index (χ0n) is 10.1. The number of ether oxygens (including phenoxy) is 2. The maximum absolute atomic E-state index is 11.7. The van der Waals surface area contributed by atoms with Gasteiger partial charge in [-0.1, -0.05) is 6.07 Å². The summed E-state index contributed by atoms with van der Waals surface area (Å²) in [6.45, 7) is 3.66. The van der Waals surface area contributed by atoms with Crippen molar-refractivity contribution in [1.29, 1.82) is 0 Å². The van der Waals surface area contributed by atoms with Gasteiger partial charge in [-0.25, -0.2) is 4.79 Å². The van der Waals surface area contributed by atoms with Gasteiger partial charge in [-0.15, -0.1) is 0 Å². The summed E-state index contributed by atoms with van der Waals surface area (Å²) >= 11 is 0. The fraction of sp³-hybridized carbons (Fsp3) is 0.364. The van der Waals surface area contributed by atoms with E-state index in [9.17, 15) is 4.79 Å². The van der Waals surface area contributed by atoms with Crippen molar-refractivity contribution in [1.82, 2.24) is 0 Å². The van der Waals surface area contributed by atoms with Gasteiger partial charge in [0, 0.05) is 0 Å². The first-order valence-corrected chi connectivity index (χ1v) is 5.23. The second kappa shape index (κ2) is 5.70. The first-order valence-electron chi connectivity index (χ1n) is 5.23. The Bertz CT molecular complexity index is 417. The highest BCUT2D eigenvalue weighted by Crippen LogP contribution is 2.21. The molecule has 0 aliphatic carbocycles. The van der Waals surface area contributed by atoms with Crippen molar-refractivity contribution in [3.05, 3.63) is 23.3 Å². The van der Waals surface area contributed by atoms with E-state index in [1.807, 2.05) is 0 Å². The van der Waals surface area contributed by atoms with Gasteiger partial charge < -0.3 is 19.5 Å². The molecule has 0 aromatic heterocycles. The van der Waals surface area contributed by atoms with Crippen LogP contribution in [-0.4, -0.2) is 36.9 Å². The number of methoxy groups -OCH3 is 1. The van der Waals surface area contributed by atoms with Crippen molar-refractivity contribution >= 4 is 18.6 Å². The molecule has 0 saturated heterocycles. The lowest BCUT2D eigenvalue weighted by Crippen LogP contribution is -2.30. The van der Waals surface area contributed by atoms with E-state index < -0.39 is 13.1 Å². The molecule has 1 rings (SSSR count). The minimum atomic E-state index is -1.60. The Labute approximate surface area is 100 Å². The van der Waals surface area contributed by atoms with Crippen LogP contribution in [0.5, 0.6) is 5.75 Å². The number of carbonyl (C=O) groups is 1. The molecule has 0 atom stereocenters. The zero-order valence-corrected chi connectivity index (χ0v) is 10.1. The molecule has 0 aliphatic heterocycles. The van der Waals surface area contributed by atoms with Crippen LogP contribution in [0.4, 0.5) is 0 Å². The third kappa shape index (κ3) is 2.98. The van der Waals surface area contributed by atoms with Crippen LogP contribution in [0.25, 0.3) is 0 Å². The highest BCUT2D eigenvalue weighted by atomic mass is 16.5. The molecular formula is C11H15BO5. The molecule has 0 amide bonds. The van der Waals surface area contributed by atoms with Gasteiger partial charge in [-0.3, -0.25) is 0 Å². The van der Waals surface area contributed by atoms with E-state index in [-0.39, 0.29) is 17.8 Å². The largest absolute Gasteiger partial charge is 0.496 e. The molecule has 0 saturated carbocycles. The van der Waals surface area contributed by atoms with Gasteiger partial charge in [0.05, 0.1) is 13.7 Å². The number of rotatable bonds is 4. The molecular weight excluding hydrogens is 223 g/mol. The molecule has 0 spiro atoms. The highest BCUT2D eigenvalue weighted by Gasteiger charge is 2.21. The van der Waals surface area contributed by atoms with Crippen molar-refractivity contribution in [2.24, 2.45) is 0 Å². The normalized spacial score (nSPS) is 9.94. The molecule has 1 aromatic rings. The van der Waals surface area contributed by atoms with Crippen LogP contribution in [0.15, 0.2) is 12.1 Å². The molecule has 0 fully saturated rings. The SMILES string of the molecule is CCOC(=O)c1c(C)cc(B(O)O)cc1OC. The molecule has 0 bridgehead atoms. The molecule has 17 heavy (non-hydrogen) atoms. The molecule has 0 aliphatic rings. The van der Waals surface area contributed by atoms with Gasteiger partial charge >= 0.3 is 13.1 Å². The monoisotopic (exact) mass is 238 g/mol. The van der Waals surface area contributed by atoms with Gasteiger partial charge in [0.2, 0.25) is 0 Å². The number of hydrogen-bond acceptors (Lipinski definition) is 5. The van der Waals surface area contributed by atoms with Crippen LogP contribution in [0.3, 0.4) is 0 Å². The van der Waals surface area contributed by atoms with Crippen LogP contribution >= 0.6 is 0 Å². The standard InChI is InChI=1S/C11H15BO5/c1-4-17-11(13)10-7(2)5-8(12(14)15)6-9(10)16-3/h5-6,14-15H,4H2,1-3H3. The third-order valence-corrected chi connectivity index (χ3v) is 2.32. The highest BCUT2D eigenvalue weighted by molar-refractivity contribution is 6.58. The van der Waals surface area contributed by atoms with Gasteiger partial charge in [0.15, 0.2) is 0 Å². The van der Waals surface area contributed by atoms with Crippen LogP contribution < -0.4 is 10.2 Å². The van der Waals surface area contributed by atoms with Gasteiger partial charge in [-0.05, 0) is 30.9 Å². The maximum Gasteiger partial charge on any atom is 0.488 e. The Morgan fingerprint density at radius 2 is 2.06 bits per heavy atom. The molecule has 92 valence electrons. The topological polar surface area (TPSA) is 76.0 Å². The molecule has 0 unspecified atom stereocenters. The summed E-state index contributed by atoms with van der Waals surface area (Å²) in [5, 5.41) is 18.2. The zero-order chi connectivity index (χ0) is 13.0. The van der Waals surface area contributed by atoms with Crippen molar-refractivity contribution in [3.63, 3.8) is 0 Å². The van der Waals surface area contributed by atoms with Crippen molar-refractivity contribution in [3.8, 4) is 5.75 Å². The molecule has 2 N–H and O–H groups in total. The predicted octanol–water partition coefficient (Wildman–Crippen LogP) is -0.140. The number of aryl methyl sites for hydroxylation is 1. The fourth-order valence-corrected chi connectivity index (χ4v) is 1.56. The smallest absolute Gasteiger partial charge is 0.488 e. The summed E-state index contributed by atoms with van der Waals surface area (Å²) in [7, 11) is -0.191. The Morgan fingerprint density at radius 1 is 1.41 bits per heavy atom. The first-order chi connectivity index (χ1) is 8.01. The fourth-order valence-electron chi connectivity index (χ4n) is 1.56. The van der Waals surface area contributed by atoms with Crippen LogP contribution in [0, 0.1) is 6.92 Å². The minimum absolute atomic E-state index is 0.270. The van der Waals surface area contributed by atoms with Gasteiger partial charge in [0.1, 0.15) is 11.3 Å². The van der Waals surface area contributed by atoms with E-state index in [0.717, 1.165) is 0 Å². The molecule has 0 radical (unpaired) electrons. The van der Waals surface area contributed by atoms with E-state index in [4.69, 9.17) is 19.5 Å². The maximum atomic E-state index is 11.7. The summed E-state index contributed by atoms with van der Waals surface area (Å²) < 4.78 is 9.97. The summed E-state index contributed by atoms with van der Waals surface area (Å²) in [4.78, 5) is 11.7. The van der Waals surface area contributed by atoms with E-state index in [2.05, 4.69) is 0 Å². The predicted molar refractivity (Wildman–Crippen MR) is 63.5 cm³/mol. The number of benzene rings is 1. The molecule has 6 heteroatoms. The molecule has 5 nitrogen and oxygen atoms in total. The Morgan fingerprint density at radius 3 is 2.53 bits per heavy atom. The van der Waals surface area contributed by atoms with Crippen molar-refractivity contribution in [2.75, 3.05) is 13.7 Å². The van der Waals surface area contributed by atoms with Crippen LogP contribution in [0.1, 0.15) is 22.8 Å². The second-order valence-corrected chi connectivity index (χ2v) is 3.51. The van der Waals surface area contributed by atoms with Crippen molar-refractivity contribution in [2.45, 2.75) is 13.8 Å². The lowest BCUT2D eigenvalue weighted by molar-refractivity contribution is 0.0522. The van der Waals surface area contributed by atoms with Crippen LogP contribution in [0.2, 0.25) is 0 Å². The Kier molecular flexibility index (Phi) is 4.54. The quantitative estimate of drug-likeness (QED) is 0.564. The van der Waals surface area contributed by atoms with E-state index >= 15 is 0 Å². The van der Waals surface area contributed by atoms with Crippen molar-refractivity contribution < 1.29 is 24.3 Å². The average Bonchev–Trinajstić information content (AvgIpc) is 2.27. The number of esters is 1. The molecule has 0 heterocycles. The second-order valence-electron chi connectivity index (χ2n) is 3.51. The van der Waals surface area contributed by atoms with E-state index in [0.29, 0.717) is 11.1 Å². The lowest BCUT2D eigenvalue weighted by atomic mass is 9.78. The van der Waals surface area contributed by atoms with Crippen LogP contribution in [-0.2, 0) is 4.74 Å². The Balaban J connectivity index is 3.25. The molecule has 1 aromatic carbocycles.